The van der Waals surface area contributed by atoms with Crippen LogP contribution in [0.4, 0.5) is 0 Å². The molecule has 2 rings (SSSR count). The van der Waals surface area contributed by atoms with Crippen LogP contribution in [0.25, 0.3) is 0 Å². The first-order valence-corrected chi connectivity index (χ1v) is 6.28. The molecule has 5 heteroatoms. The zero-order valence-electron chi connectivity index (χ0n) is 8.15. The summed E-state index contributed by atoms with van der Waals surface area (Å²) in [5.74, 6) is 0.0933. The second kappa shape index (κ2) is 3.87. The Labute approximate surface area is 105 Å². The van der Waals surface area contributed by atoms with Gasteiger partial charge < -0.3 is 4.90 Å². The van der Waals surface area contributed by atoms with Crippen molar-refractivity contribution in [3.05, 3.63) is 30.1 Å². The Morgan fingerprint density at radius 3 is 2.87 bits per heavy atom. The van der Waals surface area contributed by atoms with Crippen molar-refractivity contribution in [3.63, 3.8) is 0 Å². The summed E-state index contributed by atoms with van der Waals surface area (Å²) < 4.78 is -0.424. The maximum absolute atomic E-state index is 11.7. The van der Waals surface area contributed by atoms with Crippen LogP contribution in [-0.4, -0.2) is 27.7 Å². The van der Waals surface area contributed by atoms with Gasteiger partial charge in [-0.05, 0) is 6.07 Å². The van der Waals surface area contributed by atoms with Gasteiger partial charge in [-0.1, -0.05) is 37.9 Å². The number of amides is 1. The molecule has 2 heterocycles. The van der Waals surface area contributed by atoms with Crippen molar-refractivity contribution in [3.8, 4) is 0 Å². The van der Waals surface area contributed by atoms with Crippen molar-refractivity contribution in [2.24, 2.45) is 0 Å². The minimum Gasteiger partial charge on any atom is -0.325 e. The molecule has 0 saturated carbocycles. The molecule has 0 aromatic carbocycles. The average Bonchev–Trinajstić information content (AvgIpc) is 2.45. The fraction of sp³-hybridized carbons (Fsp3) is 0.400. The van der Waals surface area contributed by atoms with E-state index in [1.54, 1.807) is 24.3 Å². The van der Waals surface area contributed by atoms with Crippen LogP contribution in [0.2, 0.25) is 0 Å². The molecule has 0 unspecified atom stereocenters. The molecule has 0 N–H and O–H groups in total. The number of hydrogen-bond acceptors (Lipinski definition) is 2. The lowest BCUT2D eigenvalue weighted by molar-refractivity contribution is -0.127. The van der Waals surface area contributed by atoms with Crippen LogP contribution in [0.1, 0.15) is 12.0 Å². The van der Waals surface area contributed by atoms with E-state index < -0.39 is 4.45 Å². The summed E-state index contributed by atoms with van der Waals surface area (Å²) in [6, 6.07) is 3.84. The van der Waals surface area contributed by atoms with Gasteiger partial charge in [0.15, 0.2) is 0 Å². The molecule has 15 heavy (non-hydrogen) atoms. The lowest BCUT2D eigenvalue weighted by Crippen LogP contribution is -2.35. The molecule has 1 aromatic heterocycles. The molecule has 1 saturated heterocycles. The van der Waals surface area contributed by atoms with Crippen LogP contribution in [0.5, 0.6) is 0 Å². The third-order valence-electron chi connectivity index (χ3n) is 2.68. The number of aromatic nitrogens is 1. The Morgan fingerprint density at radius 2 is 2.40 bits per heavy atom. The van der Waals surface area contributed by atoms with Crippen LogP contribution in [-0.2, 0) is 9.24 Å². The number of halogens is 2. The van der Waals surface area contributed by atoms with E-state index in [0.717, 1.165) is 5.56 Å². The highest BCUT2D eigenvalue weighted by Crippen LogP contribution is 2.45. The number of likely N-dealkylation sites (tertiary alicyclic amines) is 1. The Balaban J connectivity index is 2.40. The van der Waals surface area contributed by atoms with Gasteiger partial charge in [-0.3, -0.25) is 9.78 Å². The molecule has 1 aromatic rings. The van der Waals surface area contributed by atoms with Crippen molar-refractivity contribution < 1.29 is 4.79 Å². The van der Waals surface area contributed by atoms with E-state index in [1.807, 2.05) is 12.1 Å². The van der Waals surface area contributed by atoms with E-state index in [0.29, 0.717) is 6.42 Å². The molecule has 1 amide bonds. The first-order valence-electron chi connectivity index (χ1n) is 4.57. The first kappa shape index (κ1) is 11.1. The van der Waals surface area contributed by atoms with Crippen molar-refractivity contribution in [2.75, 3.05) is 7.05 Å². The van der Waals surface area contributed by atoms with Gasteiger partial charge in [-0.2, -0.15) is 0 Å². The molecule has 2 atom stereocenters. The van der Waals surface area contributed by atoms with Crippen molar-refractivity contribution in [1.82, 2.24) is 9.88 Å². The molecule has 80 valence electrons. The molecule has 0 bridgehead atoms. The second-order valence-corrected chi connectivity index (χ2v) is 5.99. The number of rotatable bonds is 1. The van der Waals surface area contributed by atoms with Crippen molar-refractivity contribution in [2.45, 2.75) is 15.7 Å². The topological polar surface area (TPSA) is 33.2 Å². The number of carbonyl (C=O) groups excluding carboxylic acids is 1. The highest BCUT2D eigenvalue weighted by Gasteiger charge is 2.47. The molecule has 0 spiro atoms. The van der Waals surface area contributed by atoms with Crippen LogP contribution < -0.4 is 0 Å². The van der Waals surface area contributed by atoms with Gasteiger partial charge in [-0.15, -0.1) is 0 Å². The van der Waals surface area contributed by atoms with E-state index in [2.05, 4.69) is 36.8 Å². The molecule has 0 radical (unpaired) electrons. The largest absolute Gasteiger partial charge is 0.325 e. The zero-order chi connectivity index (χ0) is 11.1. The van der Waals surface area contributed by atoms with Crippen molar-refractivity contribution >= 4 is 37.8 Å². The maximum atomic E-state index is 11.7. The summed E-state index contributed by atoms with van der Waals surface area (Å²) in [5.41, 5.74) is 1.00. The highest BCUT2D eigenvalue weighted by atomic mass is 79.9. The lowest BCUT2D eigenvalue weighted by atomic mass is 10.1. The molecular weight excluding hydrogens is 324 g/mol. The molecule has 3 nitrogen and oxygen atoms in total. The summed E-state index contributed by atoms with van der Waals surface area (Å²) in [6.45, 7) is 0. The van der Waals surface area contributed by atoms with E-state index in [-0.39, 0.29) is 10.7 Å². The average molecular weight is 334 g/mol. The zero-order valence-corrected chi connectivity index (χ0v) is 11.3. The molecule has 1 fully saturated rings. The fourth-order valence-electron chi connectivity index (χ4n) is 1.75. The van der Waals surface area contributed by atoms with Crippen LogP contribution in [0, 0.1) is 0 Å². The van der Waals surface area contributed by atoms with Crippen molar-refractivity contribution in [1.29, 1.82) is 0 Å². The molecular formula is C10H10Br2N2O. The van der Waals surface area contributed by atoms with E-state index >= 15 is 0 Å². The van der Waals surface area contributed by atoms with Gasteiger partial charge in [0, 0.05) is 31.4 Å². The summed E-state index contributed by atoms with van der Waals surface area (Å²) in [4.78, 5) is 17.4. The number of hydrogen-bond donors (Lipinski definition) is 0. The minimum absolute atomic E-state index is 0.0933. The minimum atomic E-state index is -0.424. The van der Waals surface area contributed by atoms with E-state index in [9.17, 15) is 4.79 Å². The Morgan fingerprint density at radius 1 is 1.67 bits per heavy atom. The number of alkyl halides is 2. The molecule has 1 aliphatic rings. The Kier molecular flexibility index (Phi) is 2.85. The van der Waals surface area contributed by atoms with Gasteiger partial charge in [0.05, 0.1) is 4.83 Å². The van der Waals surface area contributed by atoms with Crippen LogP contribution in [0.3, 0.4) is 0 Å². The van der Waals surface area contributed by atoms with Gasteiger partial charge in [0.25, 0.3) is 0 Å². The number of nitrogens with zero attached hydrogens (tertiary/aromatic N) is 2. The van der Waals surface area contributed by atoms with Gasteiger partial charge in [-0.25, -0.2) is 0 Å². The van der Waals surface area contributed by atoms with Gasteiger partial charge in [0.2, 0.25) is 5.91 Å². The fourth-order valence-corrected chi connectivity index (χ4v) is 3.69. The predicted molar refractivity (Wildman–Crippen MR) is 64.9 cm³/mol. The highest BCUT2D eigenvalue weighted by molar-refractivity contribution is 9.10. The van der Waals surface area contributed by atoms with Gasteiger partial charge >= 0.3 is 0 Å². The van der Waals surface area contributed by atoms with Crippen LogP contribution in [0.15, 0.2) is 24.5 Å². The summed E-state index contributed by atoms with van der Waals surface area (Å²) in [5, 5.41) is 0. The summed E-state index contributed by atoms with van der Waals surface area (Å²) in [7, 11) is 1.80. The van der Waals surface area contributed by atoms with Crippen LogP contribution >= 0.6 is 31.9 Å². The maximum Gasteiger partial charge on any atom is 0.237 e. The van der Waals surface area contributed by atoms with Gasteiger partial charge in [0.1, 0.15) is 4.45 Å². The normalized spacial score (nSPS) is 31.0. The monoisotopic (exact) mass is 332 g/mol. The molecule has 1 aliphatic heterocycles. The Bertz CT molecular complexity index is 384. The van der Waals surface area contributed by atoms with E-state index in [4.69, 9.17) is 0 Å². The number of pyridine rings is 1. The SMILES string of the molecule is CN1C(=O)[C@H](Br)C[C@]1(Br)c1cccnc1. The third kappa shape index (κ3) is 1.72. The second-order valence-electron chi connectivity index (χ2n) is 3.57. The smallest absolute Gasteiger partial charge is 0.237 e. The quantitative estimate of drug-likeness (QED) is 0.583. The summed E-state index contributed by atoms with van der Waals surface area (Å²) >= 11 is 7.01. The standard InChI is InChI=1S/C10H10Br2N2O/c1-14-9(15)8(11)5-10(14,12)7-3-2-4-13-6-7/h2-4,6,8H,5H2,1H3/t8-,10-/m1/s1. The first-order chi connectivity index (χ1) is 7.05. The third-order valence-corrected chi connectivity index (χ3v) is 4.71. The number of carbonyl (C=O) groups is 1. The summed E-state index contributed by atoms with van der Waals surface area (Å²) in [6.07, 6.45) is 4.21. The predicted octanol–water partition coefficient (Wildman–Crippen LogP) is 2.25. The lowest BCUT2D eigenvalue weighted by Gasteiger charge is -2.29. The molecule has 0 aliphatic carbocycles. The Hall–Kier alpha value is -0.420. The van der Waals surface area contributed by atoms with E-state index in [1.165, 1.54) is 0 Å².